The van der Waals surface area contributed by atoms with Gasteiger partial charge in [-0.2, -0.15) is 0 Å². The van der Waals surface area contributed by atoms with Crippen molar-refractivity contribution >= 4 is 11.8 Å². The maximum Gasteiger partial charge on any atom is 0.208 e. The van der Waals surface area contributed by atoms with E-state index in [0.29, 0.717) is 6.61 Å². The van der Waals surface area contributed by atoms with E-state index in [9.17, 15) is 0 Å². The van der Waals surface area contributed by atoms with E-state index in [1.807, 2.05) is 31.2 Å². The van der Waals surface area contributed by atoms with Crippen LogP contribution in [0.4, 0.5) is 0 Å². The molecular weight excluding hydrogens is 262 g/mol. The second-order valence-corrected chi connectivity index (χ2v) is 4.80. The fraction of sp³-hybridized carbons (Fsp3) is 0.385. The quantitative estimate of drug-likeness (QED) is 0.623. The number of H-pyrrole nitrogens is 1. The topological polar surface area (TPSA) is 60.0 Å². The lowest BCUT2D eigenvalue weighted by Gasteiger charge is -2.00. The molecule has 2 rings (SSSR count). The molecule has 0 bridgehead atoms. The Balaban J connectivity index is 1.95. The zero-order chi connectivity index (χ0) is 13.5. The van der Waals surface area contributed by atoms with Crippen molar-refractivity contribution < 1.29 is 9.47 Å². The Morgan fingerprint density at radius 3 is 2.74 bits per heavy atom. The van der Waals surface area contributed by atoms with Crippen LogP contribution in [0.25, 0.3) is 11.4 Å². The maximum atomic E-state index is 5.27. The number of methoxy groups -OCH3 is 1. The number of nitrogens with zero attached hydrogens (tertiary/aromatic N) is 2. The molecule has 0 aliphatic heterocycles. The predicted molar refractivity (Wildman–Crippen MR) is 75.6 cm³/mol. The minimum atomic E-state index is 0.716. The molecule has 0 saturated carbocycles. The Morgan fingerprint density at radius 2 is 2.05 bits per heavy atom. The summed E-state index contributed by atoms with van der Waals surface area (Å²) in [5.74, 6) is 2.45. The molecule has 1 N–H and O–H groups in total. The van der Waals surface area contributed by atoms with Gasteiger partial charge in [0.25, 0.3) is 0 Å². The molecule has 0 amide bonds. The molecule has 0 radical (unpaired) electrons. The maximum absolute atomic E-state index is 5.27. The zero-order valence-corrected chi connectivity index (χ0v) is 11.9. The van der Waals surface area contributed by atoms with Crippen molar-refractivity contribution in [3.8, 4) is 17.1 Å². The van der Waals surface area contributed by atoms with Gasteiger partial charge >= 0.3 is 0 Å². The van der Waals surface area contributed by atoms with Crippen LogP contribution in [0.2, 0.25) is 0 Å². The molecule has 0 saturated heterocycles. The summed E-state index contributed by atoms with van der Waals surface area (Å²) in [5, 5.41) is 7.85. The number of rotatable bonds is 7. The molecule has 19 heavy (non-hydrogen) atoms. The summed E-state index contributed by atoms with van der Waals surface area (Å²) < 4.78 is 10.4. The van der Waals surface area contributed by atoms with Gasteiger partial charge in [0.2, 0.25) is 5.16 Å². The average molecular weight is 279 g/mol. The first kappa shape index (κ1) is 13.9. The third-order valence-corrected chi connectivity index (χ3v) is 3.30. The van der Waals surface area contributed by atoms with Gasteiger partial charge in [-0.3, -0.25) is 5.10 Å². The van der Waals surface area contributed by atoms with Crippen LogP contribution in [-0.2, 0) is 4.74 Å². The molecule has 1 heterocycles. The van der Waals surface area contributed by atoms with Crippen LogP contribution < -0.4 is 4.74 Å². The second kappa shape index (κ2) is 7.16. The Kier molecular flexibility index (Phi) is 5.23. The molecule has 0 unspecified atom stereocenters. The van der Waals surface area contributed by atoms with Crippen LogP contribution in [-0.4, -0.2) is 41.3 Å². The second-order valence-electron chi connectivity index (χ2n) is 3.74. The Bertz CT molecular complexity index is 499. The Labute approximate surface area is 116 Å². The van der Waals surface area contributed by atoms with Crippen LogP contribution in [0.5, 0.6) is 5.75 Å². The first-order valence-corrected chi connectivity index (χ1v) is 7.09. The molecule has 1 aromatic carbocycles. The van der Waals surface area contributed by atoms with Crippen molar-refractivity contribution in [3.05, 3.63) is 24.3 Å². The fourth-order valence-corrected chi connectivity index (χ4v) is 2.17. The number of aromatic amines is 1. The molecule has 0 spiro atoms. The molecule has 0 aliphatic rings. The fourth-order valence-electron chi connectivity index (χ4n) is 1.53. The van der Waals surface area contributed by atoms with Gasteiger partial charge in [0.05, 0.1) is 13.7 Å². The van der Waals surface area contributed by atoms with E-state index in [1.165, 1.54) is 0 Å². The molecule has 0 atom stereocenters. The summed E-state index contributed by atoms with van der Waals surface area (Å²) in [5.41, 5.74) is 0.991. The van der Waals surface area contributed by atoms with E-state index in [-0.39, 0.29) is 0 Å². The molecular formula is C13H17N3O2S. The van der Waals surface area contributed by atoms with Gasteiger partial charge in [-0.15, -0.1) is 5.10 Å². The summed E-state index contributed by atoms with van der Waals surface area (Å²) in [7, 11) is 1.65. The Hall–Kier alpha value is -1.53. The lowest BCUT2D eigenvalue weighted by Crippen LogP contribution is -1.96. The number of aromatic nitrogens is 3. The molecule has 0 aliphatic carbocycles. The number of hydrogen-bond donors (Lipinski definition) is 1. The van der Waals surface area contributed by atoms with Gasteiger partial charge in [0, 0.05) is 17.9 Å². The van der Waals surface area contributed by atoms with Crippen molar-refractivity contribution in [2.45, 2.75) is 12.1 Å². The van der Waals surface area contributed by atoms with E-state index in [0.717, 1.165) is 34.7 Å². The van der Waals surface area contributed by atoms with Gasteiger partial charge in [0.1, 0.15) is 5.75 Å². The van der Waals surface area contributed by atoms with E-state index >= 15 is 0 Å². The summed E-state index contributed by atoms with van der Waals surface area (Å²) in [6, 6.07) is 7.71. The first-order chi connectivity index (χ1) is 9.33. The van der Waals surface area contributed by atoms with Crippen molar-refractivity contribution in [1.29, 1.82) is 0 Å². The molecule has 102 valence electrons. The number of benzene rings is 1. The van der Waals surface area contributed by atoms with Crippen LogP contribution in [0.15, 0.2) is 29.4 Å². The molecule has 5 nitrogen and oxygen atoms in total. The number of ether oxygens (including phenoxy) is 2. The number of thioether (sulfide) groups is 1. The lowest BCUT2D eigenvalue weighted by molar-refractivity contribution is 0.164. The third-order valence-electron chi connectivity index (χ3n) is 2.49. The summed E-state index contributed by atoms with van der Waals surface area (Å²) in [4.78, 5) is 4.43. The first-order valence-electron chi connectivity index (χ1n) is 6.11. The van der Waals surface area contributed by atoms with Crippen molar-refractivity contribution in [3.63, 3.8) is 0 Å². The smallest absolute Gasteiger partial charge is 0.208 e. The Morgan fingerprint density at radius 1 is 1.26 bits per heavy atom. The minimum absolute atomic E-state index is 0.716. The summed E-state index contributed by atoms with van der Waals surface area (Å²) >= 11 is 1.58. The molecule has 2 aromatic rings. The molecule has 1 aromatic heterocycles. The van der Waals surface area contributed by atoms with Crippen molar-refractivity contribution in [2.24, 2.45) is 0 Å². The monoisotopic (exact) mass is 279 g/mol. The molecule has 0 fully saturated rings. The zero-order valence-electron chi connectivity index (χ0n) is 11.0. The third kappa shape index (κ3) is 3.97. The SMILES string of the molecule is CCOCCSc1n[nH]c(-c2ccc(OC)cc2)n1. The molecule has 6 heteroatoms. The van der Waals surface area contributed by atoms with E-state index in [4.69, 9.17) is 9.47 Å². The highest BCUT2D eigenvalue weighted by molar-refractivity contribution is 7.99. The minimum Gasteiger partial charge on any atom is -0.497 e. The van der Waals surface area contributed by atoms with Gasteiger partial charge in [0.15, 0.2) is 5.82 Å². The highest BCUT2D eigenvalue weighted by Crippen LogP contribution is 2.21. The van der Waals surface area contributed by atoms with Crippen LogP contribution in [0, 0.1) is 0 Å². The summed E-state index contributed by atoms with van der Waals surface area (Å²) in [6.07, 6.45) is 0. The summed E-state index contributed by atoms with van der Waals surface area (Å²) in [6.45, 7) is 3.44. The largest absolute Gasteiger partial charge is 0.497 e. The highest BCUT2D eigenvalue weighted by atomic mass is 32.2. The van der Waals surface area contributed by atoms with Crippen molar-refractivity contribution in [1.82, 2.24) is 15.2 Å². The number of nitrogens with one attached hydrogen (secondary N) is 1. The van der Waals surface area contributed by atoms with Gasteiger partial charge in [-0.05, 0) is 31.2 Å². The van der Waals surface area contributed by atoms with Gasteiger partial charge in [-0.1, -0.05) is 11.8 Å². The normalized spacial score (nSPS) is 10.6. The van der Waals surface area contributed by atoms with E-state index < -0.39 is 0 Å². The van der Waals surface area contributed by atoms with E-state index in [2.05, 4.69) is 15.2 Å². The van der Waals surface area contributed by atoms with Crippen LogP contribution in [0.1, 0.15) is 6.92 Å². The van der Waals surface area contributed by atoms with Crippen LogP contribution in [0.3, 0.4) is 0 Å². The van der Waals surface area contributed by atoms with E-state index in [1.54, 1.807) is 18.9 Å². The number of hydrogen-bond acceptors (Lipinski definition) is 5. The highest BCUT2D eigenvalue weighted by Gasteiger charge is 2.06. The average Bonchev–Trinajstić information content (AvgIpc) is 2.92. The van der Waals surface area contributed by atoms with Crippen molar-refractivity contribution in [2.75, 3.05) is 26.1 Å². The van der Waals surface area contributed by atoms with Gasteiger partial charge < -0.3 is 9.47 Å². The van der Waals surface area contributed by atoms with Crippen LogP contribution >= 0.6 is 11.8 Å². The van der Waals surface area contributed by atoms with Gasteiger partial charge in [-0.25, -0.2) is 4.98 Å². The lowest BCUT2D eigenvalue weighted by atomic mass is 10.2. The predicted octanol–water partition coefficient (Wildman–Crippen LogP) is 2.61. The standard InChI is InChI=1S/C13H17N3O2S/c1-3-18-8-9-19-13-14-12(15-16-13)10-4-6-11(17-2)7-5-10/h4-7H,3,8-9H2,1-2H3,(H,14,15,16).